The third-order valence-corrected chi connectivity index (χ3v) is 6.70. The topological polar surface area (TPSA) is 111 Å². The minimum absolute atomic E-state index is 0.188. The number of pyridine rings is 1. The zero-order valence-corrected chi connectivity index (χ0v) is 23.6. The lowest BCUT2D eigenvalue weighted by atomic mass is 10.1. The van der Waals surface area contributed by atoms with Crippen LogP contribution in [0.5, 0.6) is 0 Å². The summed E-state index contributed by atoms with van der Waals surface area (Å²) < 4.78 is 0. The number of nitrogens with one attached hydrogen (secondary N) is 3. The van der Waals surface area contributed by atoms with E-state index in [1.807, 2.05) is 44.3 Å². The maximum absolute atomic E-state index is 12.8. The van der Waals surface area contributed by atoms with Crippen molar-refractivity contribution in [2.75, 3.05) is 38.5 Å². The Morgan fingerprint density at radius 1 is 1.02 bits per heavy atom. The van der Waals surface area contributed by atoms with E-state index in [9.17, 15) is 9.59 Å². The van der Waals surface area contributed by atoms with Crippen molar-refractivity contribution in [1.29, 1.82) is 0 Å². The molecule has 2 atom stereocenters. The number of rotatable bonds is 8. The smallest absolute Gasteiger partial charge is 0.274 e. The number of anilines is 1. The van der Waals surface area contributed by atoms with Gasteiger partial charge < -0.3 is 20.9 Å². The molecule has 0 saturated heterocycles. The average Bonchev–Trinajstić information content (AvgIpc) is 2.96. The zero-order valence-electron chi connectivity index (χ0n) is 23.6. The normalized spacial score (nSPS) is 19.6. The summed E-state index contributed by atoms with van der Waals surface area (Å²) in [6.07, 6.45) is 6.61. The van der Waals surface area contributed by atoms with Crippen molar-refractivity contribution in [3.63, 3.8) is 0 Å². The average molecular weight is 540 g/mol. The van der Waals surface area contributed by atoms with Crippen LogP contribution < -0.4 is 16.0 Å². The second kappa shape index (κ2) is 13.0. The number of benzene rings is 1. The lowest BCUT2D eigenvalue weighted by Gasteiger charge is -2.29. The van der Waals surface area contributed by atoms with Crippen LogP contribution in [0, 0.1) is 11.8 Å². The highest BCUT2D eigenvalue weighted by Gasteiger charge is 2.18. The maximum atomic E-state index is 12.8. The summed E-state index contributed by atoms with van der Waals surface area (Å²) >= 11 is 0. The molecule has 0 radical (unpaired) electrons. The van der Waals surface area contributed by atoms with Crippen molar-refractivity contribution in [1.82, 2.24) is 20.5 Å². The van der Waals surface area contributed by atoms with Crippen LogP contribution in [0.4, 0.5) is 5.69 Å². The number of aliphatic imine (C=N–C) groups is 2. The van der Waals surface area contributed by atoms with E-state index in [0.29, 0.717) is 28.8 Å². The molecule has 1 aromatic heterocycles. The van der Waals surface area contributed by atoms with Crippen molar-refractivity contribution >= 4 is 29.2 Å². The van der Waals surface area contributed by atoms with Gasteiger partial charge in [0.25, 0.3) is 11.8 Å². The van der Waals surface area contributed by atoms with Crippen LogP contribution in [-0.4, -0.2) is 66.6 Å². The van der Waals surface area contributed by atoms with E-state index < -0.39 is 5.91 Å². The van der Waals surface area contributed by atoms with Crippen LogP contribution in [0.15, 0.2) is 88.7 Å². The first-order chi connectivity index (χ1) is 19.2. The first kappa shape index (κ1) is 28.5. The predicted octanol–water partition coefficient (Wildman–Crippen LogP) is 4.05. The molecule has 9 heteroatoms. The van der Waals surface area contributed by atoms with E-state index in [1.54, 1.807) is 18.2 Å². The minimum atomic E-state index is -0.397. The number of aromatic nitrogens is 1. The summed E-state index contributed by atoms with van der Waals surface area (Å²) in [4.78, 5) is 41.1. The number of carbonyl (C=O) groups is 2. The van der Waals surface area contributed by atoms with Crippen LogP contribution in [-0.2, 0) is 0 Å². The zero-order chi connectivity index (χ0) is 28.6. The number of allylic oxidation sites excluding steroid dienone is 3. The molecule has 3 N–H and O–H groups in total. The summed E-state index contributed by atoms with van der Waals surface area (Å²) in [6, 6.07) is 10.7. The van der Waals surface area contributed by atoms with Gasteiger partial charge in [-0.15, -0.1) is 0 Å². The lowest BCUT2D eigenvalue weighted by Crippen LogP contribution is -2.37. The summed E-state index contributed by atoms with van der Waals surface area (Å²) in [5.41, 5.74) is 3.70. The van der Waals surface area contributed by atoms with E-state index >= 15 is 0 Å². The Morgan fingerprint density at radius 3 is 2.40 bits per heavy atom. The minimum Gasteiger partial charge on any atom is -0.370 e. The Balaban J connectivity index is 1.34. The molecule has 0 fully saturated rings. The fourth-order valence-corrected chi connectivity index (χ4v) is 4.41. The largest absolute Gasteiger partial charge is 0.370 e. The van der Waals surface area contributed by atoms with Crippen molar-refractivity contribution in [2.45, 2.75) is 20.8 Å². The third-order valence-electron chi connectivity index (χ3n) is 6.70. The molecule has 0 aliphatic carbocycles. The Hall–Kier alpha value is -4.53. The van der Waals surface area contributed by atoms with E-state index in [1.165, 1.54) is 12.3 Å². The molecule has 3 heterocycles. The van der Waals surface area contributed by atoms with Gasteiger partial charge in [-0.3, -0.25) is 24.6 Å². The van der Waals surface area contributed by atoms with E-state index in [2.05, 4.69) is 56.2 Å². The standard InChI is InChI=1S/C31H37N7O2/c1-6-25(11-7-22(4)28-33-15-20(2)16-34-28)36-31(40)27-14-10-24(18-32-27)30(39)37-26-12-8-23(9-13-26)29-35-17-21(3)19-38(29)5/h6-14,18,20-21H,1,15-17,19H2,2-5H3,(H,33,34)(H,36,40)(H,37,39)/b22-7+,25-11+. The van der Waals surface area contributed by atoms with Gasteiger partial charge in [-0.2, -0.15) is 0 Å². The molecule has 40 heavy (non-hydrogen) atoms. The molecule has 0 saturated carbocycles. The molecule has 2 aliphatic rings. The van der Waals surface area contributed by atoms with Gasteiger partial charge in [-0.25, -0.2) is 0 Å². The number of hydrogen-bond acceptors (Lipinski definition) is 7. The van der Waals surface area contributed by atoms with E-state index in [-0.39, 0.29) is 11.6 Å². The van der Waals surface area contributed by atoms with Crippen LogP contribution >= 0.6 is 0 Å². The fraction of sp³-hybridized carbons (Fsp3) is 0.323. The fourth-order valence-electron chi connectivity index (χ4n) is 4.41. The second-order valence-electron chi connectivity index (χ2n) is 10.4. The Morgan fingerprint density at radius 2 is 1.77 bits per heavy atom. The van der Waals surface area contributed by atoms with Crippen LogP contribution in [0.3, 0.4) is 0 Å². The van der Waals surface area contributed by atoms with Gasteiger partial charge in [-0.1, -0.05) is 26.5 Å². The second-order valence-corrected chi connectivity index (χ2v) is 10.4. The highest BCUT2D eigenvalue weighted by Crippen LogP contribution is 2.17. The number of nitrogens with zero attached hydrogens (tertiary/aromatic N) is 4. The number of hydrogen-bond donors (Lipinski definition) is 3. The van der Waals surface area contributed by atoms with Crippen molar-refractivity contribution in [2.24, 2.45) is 21.8 Å². The molecule has 208 valence electrons. The summed E-state index contributed by atoms with van der Waals surface area (Å²) in [6.45, 7) is 13.5. The van der Waals surface area contributed by atoms with Crippen LogP contribution in [0.1, 0.15) is 47.2 Å². The first-order valence-corrected chi connectivity index (χ1v) is 13.5. The van der Waals surface area contributed by atoms with Gasteiger partial charge in [0.2, 0.25) is 0 Å². The molecular formula is C31H37N7O2. The maximum Gasteiger partial charge on any atom is 0.274 e. The molecule has 2 aliphatic heterocycles. The molecule has 0 bridgehead atoms. The molecule has 2 amide bonds. The lowest BCUT2D eigenvalue weighted by molar-refractivity contribution is 0.0959. The van der Waals surface area contributed by atoms with Gasteiger partial charge in [0, 0.05) is 56.4 Å². The Kier molecular flexibility index (Phi) is 9.27. The SMILES string of the molecule is C=C/C(=C\C=C(/C)C1=NCC(C)CN1)NC(=O)c1ccc(C(=O)Nc2ccc(C3=NCC(C)CN3C)cc2)cn1. The number of carbonyl (C=O) groups excluding carboxylic acids is 2. The summed E-state index contributed by atoms with van der Waals surface area (Å²) in [5, 5.41) is 8.99. The van der Waals surface area contributed by atoms with E-state index in [0.717, 1.165) is 49.0 Å². The molecule has 9 nitrogen and oxygen atoms in total. The van der Waals surface area contributed by atoms with Gasteiger partial charge in [-0.05, 0) is 72.9 Å². The van der Waals surface area contributed by atoms with Crippen molar-refractivity contribution < 1.29 is 9.59 Å². The van der Waals surface area contributed by atoms with Crippen molar-refractivity contribution in [3.05, 3.63) is 95.5 Å². The van der Waals surface area contributed by atoms with Crippen LogP contribution in [0.2, 0.25) is 0 Å². The molecule has 2 aromatic rings. The molecule has 4 rings (SSSR count). The first-order valence-electron chi connectivity index (χ1n) is 13.5. The Bertz CT molecular complexity index is 1370. The van der Waals surface area contributed by atoms with Crippen molar-refractivity contribution in [3.8, 4) is 0 Å². The quantitative estimate of drug-likeness (QED) is 0.439. The van der Waals surface area contributed by atoms with Gasteiger partial charge in [0.1, 0.15) is 17.4 Å². The highest BCUT2D eigenvalue weighted by atomic mass is 16.2. The summed E-state index contributed by atoms with van der Waals surface area (Å²) in [7, 11) is 2.04. The molecule has 1 aromatic carbocycles. The van der Waals surface area contributed by atoms with Gasteiger partial charge >= 0.3 is 0 Å². The van der Waals surface area contributed by atoms with Gasteiger partial charge in [0.15, 0.2) is 0 Å². The predicted molar refractivity (Wildman–Crippen MR) is 161 cm³/mol. The molecule has 0 spiro atoms. The highest BCUT2D eigenvalue weighted by molar-refractivity contribution is 6.05. The Labute approximate surface area is 235 Å². The summed E-state index contributed by atoms with van der Waals surface area (Å²) in [5.74, 6) is 2.16. The monoisotopic (exact) mass is 539 g/mol. The third kappa shape index (κ3) is 7.31. The van der Waals surface area contributed by atoms with Gasteiger partial charge in [0.05, 0.1) is 5.56 Å². The number of amides is 2. The molecule has 2 unspecified atom stereocenters. The molecular weight excluding hydrogens is 502 g/mol. The van der Waals surface area contributed by atoms with Crippen LogP contribution in [0.25, 0.3) is 0 Å². The van der Waals surface area contributed by atoms with E-state index in [4.69, 9.17) is 0 Å². The number of amidine groups is 2.